The molecule has 0 saturated heterocycles. The summed E-state index contributed by atoms with van der Waals surface area (Å²) in [5.41, 5.74) is 2.68. The third kappa shape index (κ3) is 6.60. The molecule has 0 fully saturated rings. The Balaban J connectivity index is 1.90. The Bertz CT molecular complexity index is 1650. The Labute approximate surface area is 244 Å². The highest BCUT2D eigenvalue weighted by Crippen LogP contribution is 2.35. The number of aromatic nitrogens is 1. The van der Waals surface area contributed by atoms with Crippen molar-refractivity contribution in [2.24, 2.45) is 4.99 Å². The number of benzene rings is 3. The van der Waals surface area contributed by atoms with Crippen molar-refractivity contribution >= 4 is 46.0 Å². The second-order valence-electron chi connectivity index (χ2n) is 10.7. The topological polar surface area (TPSA) is 122 Å². The summed E-state index contributed by atoms with van der Waals surface area (Å²) in [6, 6.07) is 21.5. The van der Waals surface area contributed by atoms with E-state index in [2.05, 4.69) is 5.32 Å². The summed E-state index contributed by atoms with van der Waals surface area (Å²) < 4.78 is 11.2. The maximum absolute atomic E-state index is 13.5. The Kier molecular flexibility index (Phi) is 8.65. The van der Waals surface area contributed by atoms with Crippen molar-refractivity contribution in [3.63, 3.8) is 0 Å². The minimum atomic E-state index is -0.782. The van der Waals surface area contributed by atoms with Crippen molar-refractivity contribution in [1.29, 1.82) is 0 Å². The van der Waals surface area contributed by atoms with Crippen LogP contribution in [0.25, 0.3) is 10.9 Å². The van der Waals surface area contributed by atoms with Gasteiger partial charge in [-0.3, -0.25) is 4.79 Å². The van der Waals surface area contributed by atoms with Crippen LogP contribution in [0.5, 0.6) is 5.88 Å². The van der Waals surface area contributed by atoms with Crippen LogP contribution in [0, 0.1) is 0 Å². The molecular formula is C32H34N4O6. The fourth-order valence-electron chi connectivity index (χ4n) is 4.36. The number of alkyl carbamates (subject to hydrolysis) is 1. The summed E-state index contributed by atoms with van der Waals surface area (Å²) in [4.78, 5) is 45.0. The SMILES string of the molecule is COC(=O)c1ccc2c(C(=Nc3ccc(N(C)C)cc3)c3ccccc3)c(O)n(C(=O)CNC(=O)OC(C)(C)C)c2c1. The minimum Gasteiger partial charge on any atom is -0.494 e. The smallest absolute Gasteiger partial charge is 0.408 e. The number of fused-ring (bicyclic) bond motifs is 1. The average molecular weight is 571 g/mol. The number of carbonyl (C=O) groups is 3. The molecule has 0 saturated carbocycles. The van der Waals surface area contributed by atoms with Gasteiger partial charge in [-0.15, -0.1) is 0 Å². The van der Waals surface area contributed by atoms with E-state index in [1.807, 2.05) is 73.6 Å². The minimum absolute atomic E-state index is 0.181. The molecule has 0 aliphatic carbocycles. The molecule has 1 aromatic heterocycles. The van der Waals surface area contributed by atoms with Gasteiger partial charge < -0.3 is 24.8 Å². The van der Waals surface area contributed by atoms with Gasteiger partial charge in [0, 0.05) is 30.7 Å². The molecule has 0 radical (unpaired) electrons. The van der Waals surface area contributed by atoms with Crippen molar-refractivity contribution in [3.8, 4) is 5.88 Å². The number of hydrogen-bond acceptors (Lipinski definition) is 8. The molecule has 218 valence electrons. The van der Waals surface area contributed by atoms with Crippen LogP contribution in [0.15, 0.2) is 77.8 Å². The van der Waals surface area contributed by atoms with Crippen LogP contribution in [0.3, 0.4) is 0 Å². The van der Waals surface area contributed by atoms with Crippen LogP contribution in [-0.2, 0) is 9.47 Å². The lowest BCUT2D eigenvalue weighted by Gasteiger charge is -2.19. The molecule has 42 heavy (non-hydrogen) atoms. The summed E-state index contributed by atoms with van der Waals surface area (Å²) in [6.07, 6.45) is -0.782. The van der Waals surface area contributed by atoms with Crippen LogP contribution in [0.4, 0.5) is 16.2 Å². The maximum Gasteiger partial charge on any atom is 0.408 e. The summed E-state index contributed by atoms with van der Waals surface area (Å²) in [7, 11) is 5.14. The van der Waals surface area contributed by atoms with E-state index < -0.39 is 36.0 Å². The zero-order valence-electron chi connectivity index (χ0n) is 24.5. The highest BCUT2D eigenvalue weighted by Gasteiger charge is 2.27. The van der Waals surface area contributed by atoms with Gasteiger partial charge in [0.1, 0.15) is 12.1 Å². The third-order valence-corrected chi connectivity index (χ3v) is 6.29. The molecule has 10 nitrogen and oxygen atoms in total. The van der Waals surface area contributed by atoms with Crippen molar-refractivity contribution in [1.82, 2.24) is 9.88 Å². The highest BCUT2D eigenvalue weighted by atomic mass is 16.6. The van der Waals surface area contributed by atoms with Crippen molar-refractivity contribution < 1.29 is 29.0 Å². The van der Waals surface area contributed by atoms with Crippen LogP contribution < -0.4 is 10.2 Å². The Morgan fingerprint density at radius 3 is 2.21 bits per heavy atom. The highest BCUT2D eigenvalue weighted by molar-refractivity contribution is 6.23. The first-order chi connectivity index (χ1) is 19.9. The van der Waals surface area contributed by atoms with Crippen LogP contribution in [0.2, 0.25) is 0 Å². The van der Waals surface area contributed by atoms with Gasteiger partial charge in [0.25, 0.3) is 5.91 Å². The predicted molar refractivity (Wildman–Crippen MR) is 162 cm³/mol. The second-order valence-corrected chi connectivity index (χ2v) is 10.7. The van der Waals surface area contributed by atoms with Gasteiger partial charge in [0.15, 0.2) is 0 Å². The van der Waals surface area contributed by atoms with Gasteiger partial charge in [-0.05, 0) is 57.2 Å². The standard InChI is InChI=1S/C32H34N4O6/c1-32(2,3)42-31(40)33-19-26(37)36-25-18-21(30(39)41-6)12-17-24(25)27(29(36)38)28(20-10-8-7-9-11-20)34-22-13-15-23(16-14-22)35(4)5/h7-18,38H,19H2,1-6H3,(H,33,40). The Morgan fingerprint density at radius 1 is 0.952 bits per heavy atom. The molecule has 0 atom stereocenters. The number of nitrogens with one attached hydrogen (secondary N) is 1. The van der Waals surface area contributed by atoms with Gasteiger partial charge >= 0.3 is 12.1 Å². The fourth-order valence-corrected chi connectivity index (χ4v) is 4.36. The predicted octanol–water partition coefficient (Wildman–Crippen LogP) is 5.53. The molecule has 1 heterocycles. The van der Waals surface area contributed by atoms with E-state index in [-0.39, 0.29) is 16.6 Å². The number of aliphatic imine (C=N–C) groups is 1. The number of ether oxygens (including phenoxy) is 2. The van der Waals surface area contributed by atoms with E-state index in [0.717, 1.165) is 10.3 Å². The molecule has 0 aliphatic heterocycles. The van der Waals surface area contributed by atoms with Gasteiger partial charge in [0.05, 0.1) is 35.2 Å². The number of esters is 1. The van der Waals surface area contributed by atoms with Crippen molar-refractivity contribution in [3.05, 3.63) is 89.5 Å². The van der Waals surface area contributed by atoms with E-state index in [1.54, 1.807) is 32.9 Å². The lowest BCUT2D eigenvalue weighted by molar-refractivity contribution is 0.0514. The van der Waals surface area contributed by atoms with Gasteiger partial charge in [-0.25, -0.2) is 19.1 Å². The van der Waals surface area contributed by atoms with Crippen LogP contribution >= 0.6 is 0 Å². The molecule has 2 N–H and O–H groups in total. The summed E-state index contributed by atoms with van der Waals surface area (Å²) in [5, 5.41) is 14.5. The van der Waals surface area contributed by atoms with Crippen LogP contribution in [0.1, 0.15) is 47.1 Å². The quantitative estimate of drug-likeness (QED) is 0.221. The van der Waals surface area contributed by atoms with Gasteiger partial charge in [-0.2, -0.15) is 0 Å². The number of hydrogen-bond donors (Lipinski definition) is 2. The van der Waals surface area contributed by atoms with E-state index in [4.69, 9.17) is 14.5 Å². The zero-order valence-corrected chi connectivity index (χ0v) is 24.5. The van der Waals surface area contributed by atoms with Gasteiger partial charge in [-0.1, -0.05) is 36.4 Å². The molecule has 1 amide bonds. The summed E-state index contributed by atoms with van der Waals surface area (Å²) >= 11 is 0. The lowest BCUT2D eigenvalue weighted by Crippen LogP contribution is -2.36. The molecule has 0 spiro atoms. The fraction of sp³-hybridized carbons (Fsp3) is 0.250. The third-order valence-electron chi connectivity index (χ3n) is 6.29. The molecule has 3 aromatic carbocycles. The maximum atomic E-state index is 13.5. The number of carbonyl (C=O) groups excluding carboxylic acids is 3. The number of rotatable bonds is 7. The average Bonchev–Trinajstić information content (AvgIpc) is 3.24. The Morgan fingerprint density at radius 2 is 1.62 bits per heavy atom. The second kappa shape index (κ2) is 12.2. The lowest BCUT2D eigenvalue weighted by atomic mass is 10.00. The number of amides is 1. The summed E-state index contributed by atoms with van der Waals surface area (Å²) in [6.45, 7) is 4.65. The van der Waals surface area contributed by atoms with Gasteiger partial charge in [0.2, 0.25) is 5.88 Å². The van der Waals surface area contributed by atoms with Crippen molar-refractivity contribution in [2.45, 2.75) is 26.4 Å². The zero-order chi connectivity index (χ0) is 30.6. The molecule has 0 bridgehead atoms. The molecule has 0 unspecified atom stereocenters. The largest absolute Gasteiger partial charge is 0.494 e. The van der Waals surface area contributed by atoms with E-state index in [1.165, 1.54) is 13.2 Å². The first-order valence-corrected chi connectivity index (χ1v) is 13.3. The molecule has 0 aliphatic rings. The van der Waals surface area contributed by atoms with E-state index >= 15 is 0 Å². The van der Waals surface area contributed by atoms with E-state index in [9.17, 15) is 19.5 Å². The van der Waals surface area contributed by atoms with Crippen LogP contribution in [-0.4, -0.2) is 66.7 Å². The first-order valence-electron chi connectivity index (χ1n) is 13.3. The molecule has 10 heteroatoms. The summed E-state index contributed by atoms with van der Waals surface area (Å²) in [5.74, 6) is -1.65. The molecule has 4 aromatic rings. The van der Waals surface area contributed by atoms with E-state index in [0.29, 0.717) is 22.3 Å². The van der Waals surface area contributed by atoms with Crippen molar-refractivity contribution in [2.75, 3.05) is 32.6 Å². The molecule has 4 rings (SSSR count). The number of methoxy groups -OCH3 is 1. The monoisotopic (exact) mass is 570 g/mol. The number of aromatic hydroxyl groups is 1. The number of nitrogens with zero attached hydrogens (tertiary/aromatic N) is 3. The molecular weight excluding hydrogens is 536 g/mol. The first kappa shape index (κ1) is 29.9. The number of anilines is 1. The Hall–Kier alpha value is -5.12. The normalized spacial score (nSPS) is 11.7.